The third-order valence-corrected chi connectivity index (χ3v) is 6.31. The predicted octanol–water partition coefficient (Wildman–Crippen LogP) is 3.49. The molecule has 0 spiro atoms. The first-order valence-electron chi connectivity index (χ1n) is 11.2. The van der Waals surface area contributed by atoms with E-state index in [-0.39, 0.29) is 23.7 Å². The minimum absolute atomic E-state index is 0.0210. The normalized spacial score (nSPS) is 17.5. The number of hydrogen-bond acceptors (Lipinski definition) is 5. The predicted molar refractivity (Wildman–Crippen MR) is 128 cm³/mol. The maximum Gasteiger partial charge on any atom is 0.322 e. The van der Waals surface area contributed by atoms with Crippen molar-refractivity contribution in [1.29, 1.82) is 5.26 Å². The van der Waals surface area contributed by atoms with E-state index in [1.165, 1.54) is 0 Å². The molecule has 33 heavy (non-hydrogen) atoms. The molecule has 2 aromatic carbocycles. The number of nitriles is 1. The summed E-state index contributed by atoms with van der Waals surface area (Å²) in [7, 11) is 1.78. The van der Waals surface area contributed by atoms with Crippen LogP contribution in [0.1, 0.15) is 37.7 Å². The van der Waals surface area contributed by atoms with E-state index in [1.807, 2.05) is 30.0 Å². The second-order valence-corrected chi connectivity index (χ2v) is 8.44. The number of rotatable bonds is 4. The van der Waals surface area contributed by atoms with Crippen LogP contribution in [-0.4, -0.2) is 51.1 Å². The molecular weight excluding hydrogens is 416 g/mol. The van der Waals surface area contributed by atoms with Crippen molar-refractivity contribution in [2.24, 2.45) is 7.05 Å². The molecule has 8 nitrogen and oxygen atoms in total. The zero-order valence-corrected chi connectivity index (χ0v) is 19.2. The molecule has 1 aromatic heterocycles. The highest BCUT2D eigenvalue weighted by Gasteiger charge is 2.32. The number of nitrogens with one attached hydrogen (secondary N) is 1. The number of hydrogen-bond donors (Lipinski definition) is 1. The first-order chi connectivity index (χ1) is 15.9. The first kappa shape index (κ1) is 22.5. The van der Waals surface area contributed by atoms with Crippen LogP contribution in [0.4, 0.5) is 10.5 Å². The van der Waals surface area contributed by atoms with Crippen molar-refractivity contribution in [3.63, 3.8) is 0 Å². The molecule has 3 aromatic rings. The van der Waals surface area contributed by atoms with Crippen molar-refractivity contribution in [2.45, 2.75) is 32.4 Å². The lowest BCUT2D eigenvalue weighted by Gasteiger charge is -2.43. The van der Waals surface area contributed by atoms with Gasteiger partial charge in [0.1, 0.15) is 5.82 Å². The topological polar surface area (TPSA) is 94.3 Å². The molecule has 0 saturated carbocycles. The number of para-hydroxylation sites is 1. The number of carbonyl (C=O) groups is 1. The summed E-state index contributed by atoms with van der Waals surface area (Å²) in [6, 6.07) is 16.2. The molecule has 1 saturated heterocycles. The number of piperazine rings is 1. The highest BCUT2D eigenvalue weighted by Crippen LogP contribution is 2.26. The quantitative estimate of drug-likeness (QED) is 0.665. The number of benzene rings is 2. The van der Waals surface area contributed by atoms with Crippen molar-refractivity contribution in [3.8, 4) is 6.07 Å². The van der Waals surface area contributed by atoms with Gasteiger partial charge in [0.05, 0.1) is 28.6 Å². The van der Waals surface area contributed by atoms with Crippen molar-refractivity contribution >= 4 is 22.6 Å². The van der Waals surface area contributed by atoms with Crippen LogP contribution in [0.3, 0.4) is 0 Å². The number of aromatic nitrogens is 2. The summed E-state index contributed by atoms with van der Waals surface area (Å²) in [5.41, 5.74) is 1.78. The lowest BCUT2D eigenvalue weighted by Crippen LogP contribution is -2.56. The molecule has 1 aliphatic rings. The molecule has 2 atom stereocenters. The fourth-order valence-corrected chi connectivity index (χ4v) is 4.57. The molecule has 170 valence electrons. The lowest BCUT2D eigenvalue weighted by molar-refractivity contribution is 0.0721. The fourth-order valence-electron chi connectivity index (χ4n) is 4.57. The standard InChI is InChI=1S/C25H28N6O2/c1-4-22(23-28-21-11-6-5-10-20(21)24(32)29(23)3)30-12-13-31(17(2)16-30)25(33)27-19-9-7-8-18(14-19)15-26/h5-11,14,17,22H,4,12-13,16H2,1-3H3,(H,27,33). The SMILES string of the molecule is CCC(c1nc2ccccc2c(=O)n1C)N1CCN(C(=O)Nc2cccc(C#N)c2)C(C)C1. The minimum atomic E-state index is -0.179. The fraction of sp³-hybridized carbons (Fsp3) is 0.360. The zero-order chi connectivity index (χ0) is 23.5. The van der Waals surface area contributed by atoms with Crippen LogP contribution in [0.25, 0.3) is 10.9 Å². The summed E-state index contributed by atoms with van der Waals surface area (Å²) in [6.07, 6.45) is 0.804. The van der Waals surface area contributed by atoms with E-state index in [2.05, 4.69) is 23.2 Å². The lowest BCUT2D eigenvalue weighted by atomic mass is 10.1. The number of nitrogens with zero attached hydrogens (tertiary/aromatic N) is 5. The summed E-state index contributed by atoms with van der Waals surface area (Å²) in [5, 5.41) is 12.6. The number of fused-ring (bicyclic) bond motifs is 1. The Bertz CT molecular complexity index is 1280. The maximum atomic E-state index is 12.9. The number of carbonyl (C=O) groups excluding carboxylic acids is 1. The molecule has 1 aliphatic heterocycles. The van der Waals surface area contributed by atoms with Crippen molar-refractivity contribution in [3.05, 3.63) is 70.3 Å². The van der Waals surface area contributed by atoms with Gasteiger partial charge >= 0.3 is 6.03 Å². The van der Waals surface area contributed by atoms with Gasteiger partial charge in [0, 0.05) is 38.4 Å². The third kappa shape index (κ3) is 4.45. The van der Waals surface area contributed by atoms with E-state index in [0.29, 0.717) is 41.8 Å². The van der Waals surface area contributed by atoms with E-state index in [0.717, 1.165) is 12.2 Å². The summed E-state index contributed by atoms with van der Waals surface area (Å²) in [5.74, 6) is 0.750. The molecule has 4 rings (SSSR count). The number of anilines is 1. The monoisotopic (exact) mass is 444 g/mol. The largest absolute Gasteiger partial charge is 0.322 e. The Morgan fingerprint density at radius 3 is 2.76 bits per heavy atom. The smallest absolute Gasteiger partial charge is 0.319 e. The maximum absolute atomic E-state index is 12.9. The molecule has 0 aliphatic carbocycles. The Morgan fingerprint density at radius 2 is 2.03 bits per heavy atom. The first-order valence-corrected chi connectivity index (χ1v) is 11.2. The van der Waals surface area contributed by atoms with Gasteiger partial charge in [-0.25, -0.2) is 9.78 Å². The molecule has 0 radical (unpaired) electrons. The minimum Gasteiger partial charge on any atom is -0.319 e. The number of amides is 2. The van der Waals surface area contributed by atoms with Gasteiger partial charge in [-0.15, -0.1) is 0 Å². The molecule has 1 N–H and O–H groups in total. The summed E-state index contributed by atoms with van der Waals surface area (Å²) >= 11 is 0. The second-order valence-electron chi connectivity index (χ2n) is 8.44. The molecule has 1 fully saturated rings. The van der Waals surface area contributed by atoms with Crippen molar-refractivity contribution in [2.75, 3.05) is 25.0 Å². The molecular formula is C25H28N6O2. The van der Waals surface area contributed by atoms with E-state index in [4.69, 9.17) is 10.2 Å². The van der Waals surface area contributed by atoms with Crippen LogP contribution in [-0.2, 0) is 7.05 Å². The van der Waals surface area contributed by atoms with Gasteiger partial charge < -0.3 is 10.2 Å². The van der Waals surface area contributed by atoms with E-state index in [1.54, 1.807) is 41.9 Å². The van der Waals surface area contributed by atoms with Crippen LogP contribution >= 0.6 is 0 Å². The Hall–Kier alpha value is -3.70. The van der Waals surface area contributed by atoms with E-state index in [9.17, 15) is 9.59 Å². The Labute approximate surface area is 193 Å². The average molecular weight is 445 g/mol. The Morgan fingerprint density at radius 1 is 1.24 bits per heavy atom. The van der Waals surface area contributed by atoms with Gasteiger partial charge in [-0.1, -0.05) is 25.1 Å². The number of urea groups is 1. The van der Waals surface area contributed by atoms with Crippen LogP contribution in [0.5, 0.6) is 0 Å². The van der Waals surface area contributed by atoms with Gasteiger partial charge in [-0.05, 0) is 43.7 Å². The van der Waals surface area contributed by atoms with Gasteiger partial charge in [0.2, 0.25) is 0 Å². The Kier molecular flexibility index (Phi) is 6.43. The molecule has 2 unspecified atom stereocenters. The molecule has 8 heteroatoms. The van der Waals surface area contributed by atoms with E-state index < -0.39 is 0 Å². The molecule has 0 bridgehead atoms. The summed E-state index contributed by atoms with van der Waals surface area (Å²) < 4.78 is 1.66. The van der Waals surface area contributed by atoms with Crippen LogP contribution in [0.15, 0.2) is 53.3 Å². The average Bonchev–Trinajstić information content (AvgIpc) is 2.82. The van der Waals surface area contributed by atoms with Gasteiger partial charge in [0.25, 0.3) is 5.56 Å². The summed E-state index contributed by atoms with van der Waals surface area (Å²) in [6.45, 7) is 6.03. The summed E-state index contributed by atoms with van der Waals surface area (Å²) in [4.78, 5) is 34.8. The third-order valence-electron chi connectivity index (χ3n) is 6.31. The van der Waals surface area contributed by atoms with Crippen molar-refractivity contribution < 1.29 is 4.79 Å². The molecule has 2 heterocycles. The van der Waals surface area contributed by atoms with E-state index >= 15 is 0 Å². The van der Waals surface area contributed by atoms with Gasteiger partial charge in [-0.2, -0.15) is 5.26 Å². The van der Waals surface area contributed by atoms with Crippen LogP contribution in [0.2, 0.25) is 0 Å². The molecule has 2 amide bonds. The Balaban J connectivity index is 1.51. The second kappa shape index (κ2) is 9.43. The highest BCUT2D eigenvalue weighted by molar-refractivity contribution is 5.89. The van der Waals surface area contributed by atoms with Crippen LogP contribution in [0, 0.1) is 11.3 Å². The zero-order valence-electron chi connectivity index (χ0n) is 19.2. The van der Waals surface area contributed by atoms with Crippen LogP contribution < -0.4 is 10.9 Å². The highest BCUT2D eigenvalue weighted by atomic mass is 16.2. The van der Waals surface area contributed by atoms with Crippen molar-refractivity contribution in [1.82, 2.24) is 19.4 Å². The van der Waals surface area contributed by atoms with Gasteiger partial charge in [0.15, 0.2) is 0 Å². The van der Waals surface area contributed by atoms with Gasteiger partial charge in [-0.3, -0.25) is 14.3 Å².